The van der Waals surface area contributed by atoms with Crippen LogP contribution in [-0.2, 0) is 0 Å². The molecular weight excluding hydrogens is 290 g/mol. The second kappa shape index (κ2) is 7.80. The third kappa shape index (κ3) is 4.62. The standard InChI is InChI=1S/C15H24BrNO/c1-5-17(6-2)9-10-18-15-8-7-13(16)11-14(15)12(3)4/h7-8,11-12H,5-6,9-10H2,1-4H3. The average molecular weight is 314 g/mol. The first-order valence-electron chi connectivity index (χ1n) is 6.73. The molecule has 0 fully saturated rings. The molecule has 1 aromatic carbocycles. The molecule has 2 nitrogen and oxygen atoms in total. The van der Waals surface area contributed by atoms with Gasteiger partial charge < -0.3 is 9.64 Å². The molecule has 0 radical (unpaired) electrons. The Hall–Kier alpha value is -0.540. The number of halogens is 1. The number of ether oxygens (including phenoxy) is 1. The summed E-state index contributed by atoms with van der Waals surface area (Å²) in [4.78, 5) is 2.37. The van der Waals surface area contributed by atoms with Gasteiger partial charge in [-0.25, -0.2) is 0 Å². The maximum absolute atomic E-state index is 5.93. The highest BCUT2D eigenvalue weighted by molar-refractivity contribution is 9.10. The number of rotatable bonds is 7. The van der Waals surface area contributed by atoms with Crippen molar-refractivity contribution in [2.24, 2.45) is 0 Å². The zero-order valence-corrected chi connectivity index (χ0v) is 13.5. The molecule has 0 aliphatic heterocycles. The zero-order valence-electron chi connectivity index (χ0n) is 11.9. The van der Waals surface area contributed by atoms with Crippen LogP contribution in [-0.4, -0.2) is 31.1 Å². The lowest BCUT2D eigenvalue weighted by Crippen LogP contribution is -2.28. The van der Waals surface area contributed by atoms with Crippen LogP contribution in [0.5, 0.6) is 5.75 Å². The van der Waals surface area contributed by atoms with Crippen molar-refractivity contribution >= 4 is 15.9 Å². The van der Waals surface area contributed by atoms with Crippen LogP contribution in [0.15, 0.2) is 22.7 Å². The Bertz CT molecular complexity index is 362. The third-order valence-corrected chi connectivity index (χ3v) is 3.65. The molecule has 0 spiro atoms. The van der Waals surface area contributed by atoms with Crippen LogP contribution in [0.3, 0.4) is 0 Å². The lowest BCUT2D eigenvalue weighted by Gasteiger charge is -2.19. The molecule has 102 valence electrons. The van der Waals surface area contributed by atoms with E-state index in [1.54, 1.807) is 0 Å². The van der Waals surface area contributed by atoms with Gasteiger partial charge in [-0.3, -0.25) is 0 Å². The van der Waals surface area contributed by atoms with Gasteiger partial charge in [0.15, 0.2) is 0 Å². The molecule has 18 heavy (non-hydrogen) atoms. The number of benzene rings is 1. The van der Waals surface area contributed by atoms with Crippen molar-refractivity contribution in [1.82, 2.24) is 4.90 Å². The van der Waals surface area contributed by atoms with Crippen molar-refractivity contribution in [1.29, 1.82) is 0 Å². The first kappa shape index (κ1) is 15.5. The average Bonchev–Trinajstić information content (AvgIpc) is 2.36. The quantitative estimate of drug-likeness (QED) is 0.744. The Morgan fingerprint density at radius 2 is 1.89 bits per heavy atom. The monoisotopic (exact) mass is 313 g/mol. The lowest BCUT2D eigenvalue weighted by atomic mass is 10.0. The van der Waals surface area contributed by atoms with E-state index >= 15 is 0 Å². The maximum atomic E-state index is 5.93. The van der Waals surface area contributed by atoms with E-state index in [1.807, 2.05) is 6.07 Å². The molecular formula is C15H24BrNO. The molecule has 0 bridgehead atoms. The van der Waals surface area contributed by atoms with Crippen molar-refractivity contribution in [2.45, 2.75) is 33.6 Å². The summed E-state index contributed by atoms with van der Waals surface area (Å²) in [5.41, 5.74) is 1.27. The van der Waals surface area contributed by atoms with E-state index in [0.29, 0.717) is 5.92 Å². The van der Waals surface area contributed by atoms with Crippen molar-refractivity contribution in [3.05, 3.63) is 28.2 Å². The summed E-state index contributed by atoms with van der Waals surface area (Å²) in [6.45, 7) is 12.7. The van der Waals surface area contributed by atoms with E-state index in [-0.39, 0.29) is 0 Å². The van der Waals surface area contributed by atoms with Gasteiger partial charge >= 0.3 is 0 Å². The van der Waals surface area contributed by atoms with Gasteiger partial charge in [-0.1, -0.05) is 43.6 Å². The molecule has 1 rings (SSSR count). The number of likely N-dealkylation sites (N-methyl/N-ethyl adjacent to an activating group) is 1. The largest absolute Gasteiger partial charge is 0.492 e. The fraction of sp³-hybridized carbons (Fsp3) is 0.600. The summed E-state index contributed by atoms with van der Waals surface area (Å²) in [5, 5.41) is 0. The third-order valence-electron chi connectivity index (χ3n) is 3.15. The molecule has 0 aromatic heterocycles. The molecule has 0 amide bonds. The van der Waals surface area contributed by atoms with Crippen molar-refractivity contribution in [2.75, 3.05) is 26.2 Å². The highest BCUT2D eigenvalue weighted by atomic mass is 79.9. The fourth-order valence-corrected chi connectivity index (χ4v) is 2.31. The normalized spacial score (nSPS) is 11.3. The van der Waals surface area contributed by atoms with Gasteiger partial charge in [-0.15, -0.1) is 0 Å². The van der Waals surface area contributed by atoms with Crippen LogP contribution >= 0.6 is 15.9 Å². The van der Waals surface area contributed by atoms with Crippen LogP contribution < -0.4 is 4.74 Å². The minimum Gasteiger partial charge on any atom is -0.492 e. The first-order chi connectivity index (χ1) is 8.58. The van der Waals surface area contributed by atoms with Crippen LogP contribution in [0, 0.1) is 0 Å². The highest BCUT2D eigenvalue weighted by Crippen LogP contribution is 2.29. The van der Waals surface area contributed by atoms with Crippen LogP contribution in [0.2, 0.25) is 0 Å². The number of hydrogen-bond donors (Lipinski definition) is 0. The van der Waals surface area contributed by atoms with Gasteiger partial charge in [-0.2, -0.15) is 0 Å². The summed E-state index contributed by atoms with van der Waals surface area (Å²) in [5.74, 6) is 1.49. The molecule has 0 saturated carbocycles. The molecule has 0 N–H and O–H groups in total. The van der Waals surface area contributed by atoms with E-state index in [2.05, 4.69) is 60.7 Å². The van der Waals surface area contributed by atoms with Gasteiger partial charge in [0.25, 0.3) is 0 Å². The SMILES string of the molecule is CCN(CC)CCOc1ccc(Br)cc1C(C)C. The highest BCUT2D eigenvalue weighted by Gasteiger charge is 2.09. The van der Waals surface area contributed by atoms with E-state index in [9.17, 15) is 0 Å². The summed E-state index contributed by atoms with van der Waals surface area (Å²) in [6, 6.07) is 6.25. The Balaban J connectivity index is 2.61. The predicted molar refractivity (Wildman–Crippen MR) is 81.5 cm³/mol. The van der Waals surface area contributed by atoms with E-state index in [0.717, 1.165) is 36.5 Å². The first-order valence-corrected chi connectivity index (χ1v) is 7.52. The minimum atomic E-state index is 0.478. The summed E-state index contributed by atoms with van der Waals surface area (Å²) in [6.07, 6.45) is 0. The van der Waals surface area contributed by atoms with Gasteiger partial charge in [-0.05, 0) is 42.8 Å². The molecule has 0 saturated heterocycles. The van der Waals surface area contributed by atoms with Crippen molar-refractivity contribution in [3.63, 3.8) is 0 Å². The second-order valence-corrected chi connectivity index (χ2v) is 5.63. The minimum absolute atomic E-state index is 0.478. The smallest absolute Gasteiger partial charge is 0.122 e. The van der Waals surface area contributed by atoms with Crippen molar-refractivity contribution < 1.29 is 4.74 Å². The van der Waals surface area contributed by atoms with Gasteiger partial charge in [0, 0.05) is 11.0 Å². The van der Waals surface area contributed by atoms with Gasteiger partial charge in [0.1, 0.15) is 12.4 Å². The van der Waals surface area contributed by atoms with E-state index < -0.39 is 0 Å². The maximum Gasteiger partial charge on any atom is 0.122 e. The predicted octanol–water partition coefficient (Wildman–Crippen LogP) is 4.29. The second-order valence-electron chi connectivity index (χ2n) is 4.71. The Kier molecular flexibility index (Phi) is 6.72. The number of nitrogens with zero attached hydrogens (tertiary/aromatic N) is 1. The van der Waals surface area contributed by atoms with Crippen LogP contribution in [0.25, 0.3) is 0 Å². The molecule has 0 unspecified atom stereocenters. The van der Waals surface area contributed by atoms with Crippen molar-refractivity contribution in [3.8, 4) is 5.75 Å². The van der Waals surface area contributed by atoms with Crippen LogP contribution in [0.1, 0.15) is 39.2 Å². The summed E-state index contributed by atoms with van der Waals surface area (Å²) in [7, 11) is 0. The molecule has 1 aromatic rings. The molecule has 3 heteroatoms. The molecule has 0 aliphatic carbocycles. The summed E-state index contributed by atoms with van der Waals surface area (Å²) < 4.78 is 7.04. The Labute approximate surface area is 119 Å². The Morgan fingerprint density at radius 1 is 1.22 bits per heavy atom. The topological polar surface area (TPSA) is 12.5 Å². The Morgan fingerprint density at radius 3 is 2.44 bits per heavy atom. The lowest BCUT2D eigenvalue weighted by molar-refractivity contribution is 0.221. The van der Waals surface area contributed by atoms with Crippen LogP contribution in [0.4, 0.5) is 0 Å². The van der Waals surface area contributed by atoms with E-state index in [4.69, 9.17) is 4.74 Å². The fourth-order valence-electron chi connectivity index (χ4n) is 1.93. The zero-order chi connectivity index (χ0) is 13.5. The molecule has 0 aliphatic rings. The molecule has 0 heterocycles. The number of hydrogen-bond acceptors (Lipinski definition) is 2. The van der Waals surface area contributed by atoms with Gasteiger partial charge in [0.2, 0.25) is 0 Å². The molecule has 0 atom stereocenters. The van der Waals surface area contributed by atoms with E-state index in [1.165, 1.54) is 5.56 Å². The summed E-state index contributed by atoms with van der Waals surface area (Å²) >= 11 is 3.51. The van der Waals surface area contributed by atoms with Gasteiger partial charge in [0.05, 0.1) is 0 Å².